The molecule has 2 aliphatic heterocycles. The average molecular weight is 357 g/mol. The van der Waals surface area contributed by atoms with Gasteiger partial charge in [0.1, 0.15) is 5.75 Å². The quantitative estimate of drug-likeness (QED) is 0.869. The largest absolute Gasteiger partial charge is 0.495 e. The Balaban J connectivity index is 1.58. The Morgan fingerprint density at radius 3 is 3.00 bits per heavy atom. The first-order valence-corrected chi connectivity index (χ1v) is 9.65. The fourth-order valence-corrected chi connectivity index (χ4v) is 4.83. The van der Waals surface area contributed by atoms with E-state index >= 15 is 0 Å². The third kappa shape index (κ3) is 2.86. The maximum Gasteiger partial charge on any atom is 0.232 e. The lowest BCUT2D eigenvalue weighted by molar-refractivity contribution is -0.128. The number of carbonyl (C=O) groups is 2. The van der Waals surface area contributed by atoms with Crippen LogP contribution >= 0.6 is 0 Å². The van der Waals surface area contributed by atoms with Crippen molar-refractivity contribution in [1.29, 1.82) is 0 Å². The summed E-state index contributed by atoms with van der Waals surface area (Å²) in [7, 11) is 1.60. The monoisotopic (exact) mass is 357 g/mol. The molecular formula is C20H27N3O3. The molecule has 1 aromatic carbocycles. The molecule has 0 aromatic heterocycles. The third-order valence-corrected chi connectivity index (χ3v) is 6.29. The minimum Gasteiger partial charge on any atom is -0.495 e. The Morgan fingerprint density at radius 1 is 1.35 bits per heavy atom. The van der Waals surface area contributed by atoms with Gasteiger partial charge in [-0.3, -0.25) is 9.59 Å². The van der Waals surface area contributed by atoms with Gasteiger partial charge in [-0.05, 0) is 49.9 Å². The molecule has 2 atom stereocenters. The summed E-state index contributed by atoms with van der Waals surface area (Å²) in [5.74, 6) is 1.30. The first-order valence-electron chi connectivity index (χ1n) is 9.65. The molecule has 1 saturated carbocycles. The molecule has 2 N–H and O–H groups in total. The van der Waals surface area contributed by atoms with Crippen LogP contribution in [0.2, 0.25) is 0 Å². The van der Waals surface area contributed by atoms with Crippen molar-refractivity contribution in [3.05, 3.63) is 18.2 Å². The summed E-state index contributed by atoms with van der Waals surface area (Å²) in [6.07, 6.45) is 5.82. The summed E-state index contributed by atoms with van der Waals surface area (Å²) in [5.41, 5.74) is 1.19. The van der Waals surface area contributed by atoms with Crippen molar-refractivity contribution < 1.29 is 14.3 Å². The van der Waals surface area contributed by atoms with Gasteiger partial charge in [-0.2, -0.15) is 0 Å². The van der Waals surface area contributed by atoms with Gasteiger partial charge in [-0.15, -0.1) is 0 Å². The lowest BCUT2D eigenvalue weighted by atomic mass is 9.67. The summed E-state index contributed by atoms with van der Waals surface area (Å²) in [4.78, 5) is 27.1. The van der Waals surface area contributed by atoms with Crippen LogP contribution in [-0.2, 0) is 9.59 Å². The molecule has 2 saturated heterocycles. The van der Waals surface area contributed by atoms with Crippen LogP contribution in [0.5, 0.6) is 5.75 Å². The van der Waals surface area contributed by atoms with Crippen molar-refractivity contribution >= 4 is 23.2 Å². The number of hydrogen-bond donors (Lipinski definition) is 2. The highest BCUT2D eigenvalue weighted by Gasteiger charge is 2.49. The molecule has 26 heavy (non-hydrogen) atoms. The van der Waals surface area contributed by atoms with E-state index in [1.54, 1.807) is 12.0 Å². The fraction of sp³-hybridized carbons (Fsp3) is 0.600. The highest BCUT2D eigenvalue weighted by atomic mass is 16.5. The second-order valence-corrected chi connectivity index (χ2v) is 7.72. The van der Waals surface area contributed by atoms with Crippen LogP contribution in [0.25, 0.3) is 0 Å². The molecule has 6 heteroatoms. The zero-order valence-electron chi connectivity index (χ0n) is 15.3. The number of rotatable bonds is 4. The Hall–Kier alpha value is -2.08. The Labute approximate surface area is 154 Å². The summed E-state index contributed by atoms with van der Waals surface area (Å²) >= 11 is 0. The van der Waals surface area contributed by atoms with E-state index in [9.17, 15) is 9.59 Å². The summed E-state index contributed by atoms with van der Waals surface area (Å²) in [5, 5.41) is 6.55. The SMILES string of the molecule is COc1ccc(NC(=O)[C@@]23CCCC[C@H]2CNC3)cc1N1CCCC1=O. The molecule has 3 fully saturated rings. The zero-order valence-corrected chi connectivity index (χ0v) is 15.3. The van der Waals surface area contributed by atoms with Crippen LogP contribution in [0.15, 0.2) is 18.2 Å². The first kappa shape index (κ1) is 17.3. The predicted molar refractivity (Wildman–Crippen MR) is 100 cm³/mol. The van der Waals surface area contributed by atoms with Crippen LogP contribution in [0.3, 0.4) is 0 Å². The highest BCUT2D eigenvalue weighted by Crippen LogP contribution is 2.45. The van der Waals surface area contributed by atoms with Crippen molar-refractivity contribution in [1.82, 2.24) is 5.32 Å². The molecule has 4 rings (SSSR count). The second kappa shape index (κ2) is 6.91. The number of anilines is 2. The van der Waals surface area contributed by atoms with Crippen LogP contribution < -0.4 is 20.3 Å². The third-order valence-electron chi connectivity index (χ3n) is 6.29. The van der Waals surface area contributed by atoms with E-state index in [2.05, 4.69) is 10.6 Å². The van der Waals surface area contributed by atoms with Crippen molar-refractivity contribution in [2.75, 3.05) is 37.0 Å². The van der Waals surface area contributed by atoms with E-state index in [1.807, 2.05) is 18.2 Å². The number of nitrogens with zero attached hydrogens (tertiary/aromatic N) is 1. The molecule has 3 aliphatic rings. The molecule has 0 radical (unpaired) electrons. The molecule has 1 aliphatic carbocycles. The number of nitrogens with one attached hydrogen (secondary N) is 2. The van der Waals surface area contributed by atoms with Crippen LogP contribution in [0.1, 0.15) is 38.5 Å². The summed E-state index contributed by atoms with van der Waals surface area (Å²) in [6, 6.07) is 5.56. The van der Waals surface area contributed by atoms with Crippen molar-refractivity contribution in [2.45, 2.75) is 38.5 Å². The standard InChI is InChI=1S/C20H27N3O3/c1-26-17-8-7-15(11-16(17)23-10-4-6-18(23)24)22-19(25)20-9-3-2-5-14(20)12-21-13-20/h7-8,11,14,21H,2-6,9-10,12-13H2,1H3,(H,22,25)/t14-,20+/m0/s1. The number of methoxy groups -OCH3 is 1. The number of benzene rings is 1. The maximum absolute atomic E-state index is 13.2. The van der Waals surface area contributed by atoms with Crippen LogP contribution in [0, 0.1) is 11.3 Å². The molecule has 6 nitrogen and oxygen atoms in total. The lowest BCUT2D eigenvalue weighted by Crippen LogP contribution is -2.44. The number of amides is 2. The number of ether oxygens (including phenoxy) is 1. The fourth-order valence-electron chi connectivity index (χ4n) is 4.83. The van der Waals surface area contributed by atoms with Crippen LogP contribution in [0.4, 0.5) is 11.4 Å². The average Bonchev–Trinajstić information content (AvgIpc) is 3.28. The molecule has 1 aromatic rings. The highest BCUT2D eigenvalue weighted by molar-refractivity contribution is 6.00. The molecule has 140 valence electrons. The van der Waals surface area contributed by atoms with Gasteiger partial charge in [0.15, 0.2) is 0 Å². The molecule has 0 spiro atoms. The van der Waals surface area contributed by atoms with E-state index in [-0.39, 0.29) is 17.2 Å². The smallest absolute Gasteiger partial charge is 0.232 e. The van der Waals surface area contributed by atoms with Gasteiger partial charge in [0, 0.05) is 25.2 Å². The van der Waals surface area contributed by atoms with Gasteiger partial charge >= 0.3 is 0 Å². The molecule has 0 unspecified atom stereocenters. The van der Waals surface area contributed by atoms with E-state index < -0.39 is 0 Å². The normalized spacial score (nSPS) is 28.1. The topological polar surface area (TPSA) is 70.7 Å². The Bertz CT molecular complexity index is 720. The van der Waals surface area contributed by atoms with Gasteiger partial charge < -0.3 is 20.3 Å². The van der Waals surface area contributed by atoms with Gasteiger partial charge in [0.05, 0.1) is 18.2 Å². The van der Waals surface area contributed by atoms with Gasteiger partial charge in [-0.25, -0.2) is 0 Å². The number of hydrogen-bond acceptors (Lipinski definition) is 4. The molecule has 2 heterocycles. The minimum atomic E-state index is -0.290. The van der Waals surface area contributed by atoms with Crippen LogP contribution in [-0.4, -0.2) is 38.6 Å². The molecule has 2 amide bonds. The van der Waals surface area contributed by atoms with E-state index in [4.69, 9.17) is 4.74 Å². The second-order valence-electron chi connectivity index (χ2n) is 7.72. The van der Waals surface area contributed by atoms with E-state index in [0.717, 1.165) is 50.1 Å². The van der Waals surface area contributed by atoms with Crippen molar-refractivity contribution in [3.8, 4) is 5.75 Å². The summed E-state index contributed by atoms with van der Waals surface area (Å²) in [6.45, 7) is 2.39. The van der Waals surface area contributed by atoms with Gasteiger partial charge in [0.25, 0.3) is 0 Å². The first-order chi connectivity index (χ1) is 12.6. The van der Waals surface area contributed by atoms with Crippen molar-refractivity contribution in [3.63, 3.8) is 0 Å². The Morgan fingerprint density at radius 2 is 2.23 bits per heavy atom. The van der Waals surface area contributed by atoms with E-state index in [0.29, 0.717) is 24.6 Å². The van der Waals surface area contributed by atoms with E-state index in [1.165, 1.54) is 6.42 Å². The maximum atomic E-state index is 13.2. The van der Waals surface area contributed by atoms with Gasteiger partial charge in [-0.1, -0.05) is 12.8 Å². The number of carbonyl (C=O) groups excluding carboxylic acids is 2. The number of fused-ring (bicyclic) bond motifs is 1. The predicted octanol–water partition coefficient (Wildman–Crippen LogP) is 2.54. The van der Waals surface area contributed by atoms with Gasteiger partial charge in [0.2, 0.25) is 11.8 Å². The zero-order chi connectivity index (χ0) is 18.1. The van der Waals surface area contributed by atoms with Crippen molar-refractivity contribution in [2.24, 2.45) is 11.3 Å². The minimum absolute atomic E-state index is 0.107. The lowest BCUT2D eigenvalue weighted by Gasteiger charge is -2.37. The summed E-state index contributed by atoms with van der Waals surface area (Å²) < 4.78 is 5.43. The molecule has 0 bridgehead atoms. The molecular weight excluding hydrogens is 330 g/mol. The Kier molecular flexibility index (Phi) is 4.61.